The summed E-state index contributed by atoms with van der Waals surface area (Å²) in [6.45, 7) is 7.43. The number of nitriles is 1. The fourth-order valence-corrected chi connectivity index (χ4v) is 2.55. The van der Waals surface area contributed by atoms with Crippen molar-refractivity contribution in [2.24, 2.45) is 0 Å². The molecule has 1 fully saturated rings. The molecule has 0 spiro atoms. The van der Waals surface area contributed by atoms with E-state index in [1.807, 2.05) is 30.3 Å². The van der Waals surface area contributed by atoms with Crippen LogP contribution >= 0.6 is 0 Å². The third-order valence-corrected chi connectivity index (χ3v) is 3.88. The molecule has 0 radical (unpaired) electrons. The van der Waals surface area contributed by atoms with Gasteiger partial charge in [-0.1, -0.05) is 37.3 Å². The van der Waals surface area contributed by atoms with Crippen LogP contribution in [0.4, 0.5) is 0 Å². The Kier molecular flexibility index (Phi) is 5.28. The Labute approximate surface area is 120 Å². The Hall–Kier alpha value is -1.70. The minimum absolute atomic E-state index is 0.00338. The van der Waals surface area contributed by atoms with Gasteiger partial charge in [-0.25, -0.2) is 0 Å². The molecule has 4 nitrogen and oxygen atoms in total. The maximum absolute atomic E-state index is 12.3. The van der Waals surface area contributed by atoms with Crippen molar-refractivity contribution in [2.75, 3.05) is 39.3 Å². The molecule has 1 aliphatic heterocycles. The number of rotatable bonds is 5. The summed E-state index contributed by atoms with van der Waals surface area (Å²) in [5.41, 5.74) is 0.798. The summed E-state index contributed by atoms with van der Waals surface area (Å²) < 4.78 is 0. The number of piperazine rings is 1. The van der Waals surface area contributed by atoms with Crippen LogP contribution in [0.2, 0.25) is 0 Å². The molecule has 4 heteroatoms. The lowest BCUT2D eigenvalue weighted by Gasteiger charge is -2.33. The number of hydrogen-bond acceptors (Lipinski definition) is 4. The molecular weight excluding hydrogens is 250 g/mol. The van der Waals surface area contributed by atoms with E-state index in [9.17, 15) is 10.1 Å². The van der Waals surface area contributed by atoms with Crippen LogP contribution in [-0.4, -0.2) is 54.9 Å². The van der Waals surface area contributed by atoms with E-state index in [0.29, 0.717) is 6.54 Å². The van der Waals surface area contributed by atoms with E-state index in [0.717, 1.165) is 38.3 Å². The minimum atomic E-state index is -0.639. The molecule has 0 saturated carbocycles. The molecule has 1 atom stereocenters. The highest BCUT2D eigenvalue weighted by atomic mass is 16.1. The number of carbonyl (C=O) groups is 1. The summed E-state index contributed by atoms with van der Waals surface area (Å²) in [6.07, 6.45) is 0. The van der Waals surface area contributed by atoms with Gasteiger partial charge >= 0.3 is 0 Å². The van der Waals surface area contributed by atoms with Gasteiger partial charge < -0.3 is 4.90 Å². The average molecular weight is 271 g/mol. The van der Waals surface area contributed by atoms with E-state index < -0.39 is 5.92 Å². The van der Waals surface area contributed by atoms with Crippen molar-refractivity contribution in [3.8, 4) is 6.07 Å². The van der Waals surface area contributed by atoms with E-state index in [1.54, 1.807) is 0 Å². The molecular formula is C16H21N3O. The second-order valence-electron chi connectivity index (χ2n) is 5.15. The molecule has 0 bridgehead atoms. The molecule has 0 aliphatic carbocycles. The number of nitrogens with zero attached hydrogens (tertiary/aromatic N) is 3. The van der Waals surface area contributed by atoms with Gasteiger partial charge in [0.15, 0.2) is 5.78 Å². The van der Waals surface area contributed by atoms with Gasteiger partial charge in [0.05, 0.1) is 12.6 Å². The van der Waals surface area contributed by atoms with Gasteiger partial charge in [0.2, 0.25) is 0 Å². The SMILES string of the molecule is CCN1CCN(CC(=O)[C@H](C#N)c2ccccc2)CC1. The third-order valence-electron chi connectivity index (χ3n) is 3.88. The van der Waals surface area contributed by atoms with Crippen molar-refractivity contribution < 1.29 is 4.79 Å². The molecule has 1 aliphatic rings. The number of carbonyl (C=O) groups excluding carboxylic acids is 1. The molecule has 0 unspecified atom stereocenters. The monoisotopic (exact) mass is 271 g/mol. The van der Waals surface area contributed by atoms with Gasteiger partial charge in [0, 0.05) is 26.2 Å². The van der Waals surface area contributed by atoms with E-state index in [4.69, 9.17) is 0 Å². The summed E-state index contributed by atoms with van der Waals surface area (Å²) in [7, 11) is 0. The number of benzene rings is 1. The van der Waals surface area contributed by atoms with E-state index in [2.05, 4.69) is 22.8 Å². The topological polar surface area (TPSA) is 47.3 Å². The highest BCUT2D eigenvalue weighted by molar-refractivity contribution is 5.90. The predicted octanol–water partition coefficient (Wildman–Crippen LogP) is 1.50. The first-order valence-electron chi connectivity index (χ1n) is 7.16. The zero-order valence-corrected chi connectivity index (χ0v) is 12.0. The second-order valence-corrected chi connectivity index (χ2v) is 5.15. The zero-order valence-electron chi connectivity index (χ0n) is 12.0. The number of ketones is 1. The van der Waals surface area contributed by atoms with Gasteiger partial charge in [-0.2, -0.15) is 5.26 Å². The molecule has 1 aromatic carbocycles. The minimum Gasteiger partial charge on any atom is -0.301 e. The lowest BCUT2D eigenvalue weighted by atomic mass is 9.96. The van der Waals surface area contributed by atoms with E-state index in [1.165, 1.54) is 0 Å². The number of likely N-dealkylation sites (N-methyl/N-ethyl adjacent to an activating group) is 1. The number of hydrogen-bond donors (Lipinski definition) is 0. The first-order chi connectivity index (χ1) is 9.74. The Morgan fingerprint density at radius 1 is 1.20 bits per heavy atom. The molecule has 0 amide bonds. The molecule has 1 aromatic rings. The highest BCUT2D eigenvalue weighted by Crippen LogP contribution is 2.16. The molecule has 1 saturated heterocycles. The van der Waals surface area contributed by atoms with Crippen LogP contribution < -0.4 is 0 Å². The van der Waals surface area contributed by atoms with Gasteiger partial charge in [-0.3, -0.25) is 9.69 Å². The zero-order chi connectivity index (χ0) is 14.4. The fraction of sp³-hybridized carbons (Fsp3) is 0.500. The van der Waals surface area contributed by atoms with Crippen LogP contribution in [0.15, 0.2) is 30.3 Å². The summed E-state index contributed by atoms with van der Waals surface area (Å²) in [4.78, 5) is 16.8. The van der Waals surface area contributed by atoms with Crippen molar-refractivity contribution in [3.05, 3.63) is 35.9 Å². The highest BCUT2D eigenvalue weighted by Gasteiger charge is 2.24. The van der Waals surface area contributed by atoms with Gasteiger partial charge in [0.25, 0.3) is 0 Å². The molecule has 0 aromatic heterocycles. The van der Waals surface area contributed by atoms with Crippen LogP contribution in [0.5, 0.6) is 0 Å². The average Bonchev–Trinajstić information content (AvgIpc) is 2.50. The Morgan fingerprint density at radius 3 is 2.35 bits per heavy atom. The van der Waals surface area contributed by atoms with Crippen LogP contribution in [0, 0.1) is 11.3 Å². The van der Waals surface area contributed by atoms with Crippen molar-refractivity contribution in [1.29, 1.82) is 5.26 Å². The lowest BCUT2D eigenvalue weighted by molar-refractivity contribution is -0.120. The van der Waals surface area contributed by atoms with E-state index >= 15 is 0 Å². The molecule has 1 heterocycles. The van der Waals surface area contributed by atoms with Crippen LogP contribution in [0.25, 0.3) is 0 Å². The standard InChI is InChI=1S/C16H21N3O/c1-2-18-8-10-19(11-9-18)13-16(20)15(12-17)14-6-4-3-5-7-14/h3-7,15H,2,8-11,13H2,1H3/t15-/m1/s1. The largest absolute Gasteiger partial charge is 0.301 e. The molecule has 0 N–H and O–H groups in total. The Bertz CT molecular complexity index is 472. The first kappa shape index (κ1) is 14.7. The molecule has 20 heavy (non-hydrogen) atoms. The quantitative estimate of drug-likeness (QED) is 0.814. The molecule has 106 valence electrons. The van der Waals surface area contributed by atoms with Gasteiger partial charge in [0.1, 0.15) is 5.92 Å². The maximum atomic E-state index is 12.3. The first-order valence-corrected chi connectivity index (χ1v) is 7.16. The summed E-state index contributed by atoms with van der Waals surface area (Å²) in [6, 6.07) is 11.5. The summed E-state index contributed by atoms with van der Waals surface area (Å²) >= 11 is 0. The van der Waals surface area contributed by atoms with Crippen molar-refractivity contribution in [2.45, 2.75) is 12.8 Å². The van der Waals surface area contributed by atoms with Crippen LogP contribution in [0.3, 0.4) is 0 Å². The van der Waals surface area contributed by atoms with E-state index in [-0.39, 0.29) is 5.78 Å². The van der Waals surface area contributed by atoms with Crippen molar-refractivity contribution >= 4 is 5.78 Å². The third kappa shape index (κ3) is 3.66. The van der Waals surface area contributed by atoms with Crippen molar-refractivity contribution in [1.82, 2.24) is 9.80 Å². The van der Waals surface area contributed by atoms with Crippen LogP contribution in [0.1, 0.15) is 18.4 Å². The molecule has 2 rings (SSSR count). The van der Waals surface area contributed by atoms with Gasteiger partial charge in [-0.05, 0) is 12.1 Å². The predicted molar refractivity (Wildman–Crippen MR) is 78.4 cm³/mol. The van der Waals surface area contributed by atoms with Gasteiger partial charge in [-0.15, -0.1) is 0 Å². The summed E-state index contributed by atoms with van der Waals surface area (Å²) in [5, 5.41) is 9.26. The van der Waals surface area contributed by atoms with Crippen LogP contribution in [-0.2, 0) is 4.79 Å². The Balaban J connectivity index is 1.93. The summed E-state index contributed by atoms with van der Waals surface area (Å²) in [5.74, 6) is -0.635. The smallest absolute Gasteiger partial charge is 0.168 e. The maximum Gasteiger partial charge on any atom is 0.168 e. The number of Topliss-reactive ketones (excluding diaryl/α,β-unsaturated/α-hetero) is 1. The fourth-order valence-electron chi connectivity index (χ4n) is 2.55. The second kappa shape index (κ2) is 7.18. The Morgan fingerprint density at radius 2 is 1.80 bits per heavy atom. The van der Waals surface area contributed by atoms with Crippen molar-refractivity contribution in [3.63, 3.8) is 0 Å². The normalized spacial score (nSPS) is 18.4. The lowest BCUT2D eigenvalue weighted by Crippen LogP contribution is -2.48.